The average molecular weight is 486 g/mol. The second-order valence-electron chi connectivity index (χ2n) is 7.68. The second kappa shape index (κ2) is 9.02. The van der Waals surface area contributed by atoms with Gasteiger partial charge in [0.05, 0.1) is 27.3 Å². The Hall–Kier alpha value is -3.12. The summed E-state index contributed by atoms with van der Waals surface area (Å²) in [6.07, 6.45) is -4.15. The SMILES string of the molecule is O=C1Nc2ccc([N+](=O)[O-])cc2O[C@H]1CCN1CCN(c2ncc(C(F)(F)F)cc2Cl)CC1. The van der Waals surface area contributed by atoms with Gasteiger partial charge < -0.3 is 15.0 Å². The predicted octanol–water partition coefficient (Wildman–Crippen LogP) is 3.57. The van der Waals surface area contributed by atoms with E-state index < -0.39 is 22.8 Å². The minimum atomic E-state index is -4.51. The van der Waals surface area contributed by atoms with Crippen molar-refractivity contribution in [2.75, 3.05) is 42.9 Å². The fraction of sp³-hybridized carbons (Fsp3) is 0.400. The largest absolute Gasteiger partial charge is 0.478 e. The summed E-state index contributed by atoms with van der Waals surface area (Å²) in [5, 5.41) is 13.6. The predicted molar refractivity (Wildman–Crippen MR) is 114 cm³/mol. The van der Waals surface area contributed by atoms with Crippen LogP contribution in [0.15, 0.2) is 30.5 Å². The van der Waals surface area contributed by atoms with E-state index in [1.54, 1.807) is 0 Å². The number of ether oxygens (including phenoxy) is 1. The Morgan fingerprint density at radius 1 is 1.24 bits per heavy atom. The molecule has 2 aliphatic heterocycles. The highest BCUT2D eigenvalue weighted by Gasteiger charge is 2.33. The number of benzene rings is 1. The summed E-state index contributed by atoms with van der Waals surface area (Å²) in [7, 11) is 0. The standard InChI is InChI=1S/C20H19ClF3N5O4/c21-14-9-12(20(22,23)24)11-25-18(14)28-7-5-27(6-8-28)4-3-16-19(30)26-15-2-1-13(29(31)32)10-17(15)33-16/h1-2,9-11,16H,3-8H2,(H,26,30)/t16-/m0/s1. The van der Waals surface area contributed by atoms with Gasteiger partial charge in [-0.05, 0) is 12.1 Å². The number of hydrogen-bond acceptors (Lipinski definition) is 7. The lowest BCUT2D eigenvalue weighted by Gasteiger charge is -2.36. The van der Waals surface area contributed by atoms with Crippen molar-refractivity contribution in [3.05, 3.63) is 51.2 Å². The number of non-ortho nitro benzene ring substituents is 1. The number of carbonyl (C=O) groups excluding carboxylic acids is 1. The number of nitro groups is 1. The molecule has 2 aromatic rings. The lowest BCUT2D eigenvalue weighted by atomic mass is 10.1. The van der Waals surface area contributed by atoms with Crippen molar-refractivity contribution in [2.45, 2.75) is 18.7 Å². The van der Waals surface area contributed by atoms with E-state index in [9.17, 15) is 28.1 Å². The summed E-state index contributed by atoms with van der Waals surface area (Å²) >= 11 is 6.03. The first-order chi connectivity index (χ1) is 15.6. The Morgan fingerprint density at radius 3 is 2.61 bits per heavy atom. The number of nitro benzene ring substituents is 1. The van der Waals surface area contributed by atoms with Gasteiger partial charge >= 0.3 is 6.18 Å². The fourth-order valence-electron chi connectivity index (χ4n) is 3.74. The highest BCUT2D eigenvalue weighted by atomic mass is 35.5. The van der Waals surface area contributed by atoms with Crippen LogP contribution in [0.2, 0.25) is 5.02 Å². The molecule has 1 fully saturated rings. The quantitative estimate of drug-likeness (QED) is 0.510. The van der Waals surface area contributed by atoms with Crippen molar-refractivity contribution in [1.82, 2.24) is 9.88 Å². The first-order valence-electron chi connectivity index (χ1n) is 10.1. The molecule has 0 radical (unpaired) electrons. The number of aromatic nitrogens is 1. The van der Waals surface area contributed by atoms with Crippen molar-refractivity contribution in [3.63, 3.8) is 0 Å². The van der Waals surface area contributed by atoms with Crippen molar-refractivity contribution in [2.24, 2.45) is 0 Å². The highest BCUT2D eigenvalue weighted by Crippen LogP contribution is 2.35. The third kappa shape index (κ3) is 5.11. The molecule has 176 valence electrons. The number of pyridine rings is 1. The van der Waals surface area contributed by atoms with Gasteiger partial charge in [0, 0.05) is 51.4 Å². The Bertz CT molecular complexity index is 1080. The molecular weight excluding hydrogens is 467 g/mol. The Morgan fingerprint density at radius 2 is 1.97 bits per heavy atom. The first-order valence-corrected chi connectivity index (χ1v) is 10.5. The molecule has 0 aliphatic carbocycles. The summed E-state index contributed by atoms with van der Waals surface area (Å²) in [4.78, 5) is 30.6. The number of nitrogens with zero attached hydrogens (tertiary/aromatic N) is 4. The second-order valence-corrected chi connectivity index (χ2v) is 8.09. The van der Waals surface area contributed by atoms with Gasteiger partial charge in [0.25, 0.3) is 11.6 Å². The maximum atomic E-state index is 12.8. The molecule has 33 heavy (non-hydrogen) atoms. The molecule has 4 rings (SSSR count). The van der Waals surface area contributed by atoms with E-state index in [1.807, 2.05) is 4.90 Å². The molecule has 1 aromatic carbocycles. The number of piperazine rings is 1. The topological polar surface area (TPSA) is 101 Å². The molecule has 0 spiro atoms. The van der Waals surface area contributed by atoms with Crippen LogP contribution < -0.4 is 15.0 Å². The molecule has 0 unspecified atom stereocenters. The van der Waals surface area contributed by atoms with Gasteiger partial charge in [0.2, 0.25) is 0 Å². The normalized spacial score (nSPS) is 19.0. The molecule has 1 atom stereocenters. The summed E-state index contributed by atoms with van der Waals surface area (Å²) in [5.74, 6) is 0.231. The summed E-state index contributed by atoms with van der Waals surface area (Å²) < 4.78 is 44.1. The third-order valence-electron chi connectivity index (χ3n) is 5.52. The van der Waals surface area contributed by atoms with E-state index in [1.165, 1.54) is 18.2 Å². The molecule has 1 saturated heterocycles. The monoisotopic (exact) mass is 485 g/mol. The number of amides is 1. The van der Waals surface area contributed by atoms with Crippen molar-refractivity contribution < 1.29 is 27.6 Å². The summed E-state index contributed by atoms with van der Waals surface area (Å²) in [6.45, 7) is 2.73. The van der Waals surface area contributed by atoms with E-state index in [0.29, 0.717) is 50.6 Å². The maximum absolute atomic E-state index is 12.8. The van der Waals surface area contributed by atoms with Crippen LogP contribution in [-0.4, -0.2) is 59.5 Å². The van der Waals surface area contributed by atoms with Gasteiger partial charge in [-0.3, -0.25) is 19.8 Å². The van der Waals surface area contributed by atoms with Crippen molar-refractivity contribution >= 4 is 34.7 Å². The van der Waals surface area contributed by atoms with E-state index in [0.717, 1.165) is 12.3 Å². The highest BCUT2D eigenvalue weighted by molar-refractivity contribution is 6.33. The minimum Gasteiger partial charge on any atom is -0.478 e. The van der Waals surface area contributed by atoms with Gasteiger partial charge in [-0.2, -0.15) is 13.2 Å². The number of fused-ring (bicyclic) bond motifs is 1. The number of alkyl halides is 3. The summed E-state index contributed by atoms with van der Waals surface area (Å²) in [6, 6.07) is 4.88. The van der Waals surface area contributed by atoms with Crippen LogP contribution in [0.25, 0.3) is 0 Å². The van der Waals surface area contributed by atoms with Crippen molar-refractivity contribution in [3.8, 4) is 5.75 Å². The van der Waals surface area contributed by atoms with Crippen molar-refractivity contribution in [1.29, 1.82) is 0 Å². The van der Waals surface area contributed by atoms with Crippen LogP contribution in [0.5, 0.6) is 5.75 Å². The molecule has 1 N–H and O–H groups in total. The number of hydrogen-bond donors (Lipinski definition) is 1. The van der Waals surface area contributed by atoms with Gasteiger partial charge in [0.15, 0.2) is 11.9 Å². The Balaban J connectivity index is 1.31. The zero-order valence-electron chi connectivity index (χ0n) is 17.1. The van der Waals surface area contributed by atoms with Crippen LogP contribution in [-0.2, 0) is 11.0 Å². The molecule has 9 nitrogen and oxygen atoms in total. The number of nitrogens with one attached hydrogen (secondary N) is 1. The fourth-order valence-corrected chi connectivity index (χ4v) is 4.02. The average Bonchev–Trinajstić information content (AvgIpc) is 2.77. The molecule has 2 aliphatic rings. The molecule has 3 heterocycles. The molecule has 13 heteroatoms. The van der Waals surface area contributed by atoms with Crippen LogP contribution in [0.4, 0.5) is 30.4 Å². The van der Waals surface area contributed by atoms with Gasteiger partial charge in [-0.1, -0.05) is 11.6 Å². The molecular formula is C20H19ClF3N5O4. The number of rotatable bonds is 5. The lowest BCUT2D eigenvalue weighted by molar-refractivity contribution is -0.384. The van der Waals surface area contributed by atoms with Gasteiger partial charge in [0.1, 0.15) is 5.82 Å². The molecule has 0 saturated carbocycles. The van der Waals surface area contributed by atoms with E-state index in [2.05, 4.69) is 15.2 Å². The zero-order valence-corrected chi connectivity index (χ0v) is 17.9. The zero-order chi connectivity index (χ0) is 23.8. The van der Waals surface area contributed by atoms with Crippen LogP contribution in [0.1, 0.15) is 12.0 Å². The number of halogens is 4. The van der Waals surface area contributed by atoms with Gasteiger partial charge in [-0.15, -0.1) is 0 Å². The molecule has 1 aromatic heterocycles. The maximum Gasteiger partial charge on any atom is 0.417 e. The van der Waals surface area contributed by atoms with E-state index in [-0.39, 0.29) is 22.4 Å². The molecule has 1 amide bonds. The lowest BCUT2D eigenvalue weighted by Crippen LogP contribution is -2.48. The third-order valence-corrected chi connectivity index (χ3v) is 5.80. The summed E-state index contributed by atoms with van der Waals surface area (Å²) in [5.41, 5.74) is -0.640. The van der Waals surface area contributed by atoms with E-state index >= 15 is 0 Å². The Labute approximate surface area is 191 Å². The van der Waals surface area contributed by atoms with Crippen LogP contribution in [0.3, 0.4) is 0 Å². The smallest absolute Gasteiger partial charge is 0.417 e. The number of carbonyl (C=O) groups is 1. The van der Waals surface area contributed by atoms with Crippen LogP contribution in [0, 0.1) is 10.1 Å². The van der Waals surface area contributed by atoms with Gasteiger partial charge in [-0.25, -0.2) is 4.98 Å². The first kappa shape index (κ1) is 23.1. The Kier molecular flexibility index (Phi) is 6.30. The van der Waals surface area contributed by atoms with E-state index in [4.69, 9.17) is 16.3 Å². The molecule has 0 bridgehead atoms. The minimum absolute atomic E-state index is 0.0571. The van der Waals surface area contributed by atoms with Crippen LogP contribution >= 0.6 is 11.6 Å². The number of anilines is 2.